The minimum Gasteiger partial charge on any atom is -0.466 e. The van der Waals surface area contributed by atoms with Crippen LogP contribution in [0.15, 0.2) is 85.1 Å². The molecule has 0 aromatic heterocycles. The van der Waals surface area contributed by atoms with Gasteiger partial charge < -0.3 is 45.1 Å². The highest BCUT2D eigenvalue weighted by molar-refractivity contribution is 5.76. The Morgan fingerprint density at radius 3 is 1.55 bits per heavy atom. The number of allylic oxidation sites excluding steroid dienone is 13. The topological polar surface area (TPSA) is 175 Å². The number of unbranched alkanes of at least 4 members (excludes halogenated alkanes) is 25. The first-order valence-corrected chi connectivity index (χ1v) is 29.9. The Labute approximate surface area is 451 Å². The molecule has 1 fully saturated rings. The summed E-state index contributed by atoms with van der Waals surface area (Å²) in [7, 11) is 0. The third kappa shape index (κ3) is 41.1. The molecule has 0 bridgehead atoms. The van der Waals surface area contributed by atoms with Crippen LogP contribution < -0.4 is 5.32 Å². The van der Waals surface area contributed by atoms with Crippen molar-refractivity contribution in [1.29, 1.82) is 0 Å². The zero-order valence-corrected chi connectivity index (χ0v) is 46.8. The van der Waals surface area contributed by atoms with Crippen molar-refractivity contribution in [3.8, 4) is 0 Å². The third-order valence-electron chi connectivity index (χ3n) is 13.4. The average molecular weight is 1040 g/mol. The molecule has 74 heavy (non-hydrogen) atoms. The lowest BCUT2D eigenvalue weighted by Crippen LogP contribution is -2.60. The smallest absolute Gasteiger partial charge is 0.305 e. The molecule has 0 aromatic rings. The van der Waals surface area contributed by atoms with Crippen LogP contribution in [0.2, 0.25) is 0 Å². The van der Waals surface area contributed by atoms with Gasteiger partial charge in [-0.3, -0.25) is 9.59 Å². The minimum absolute atomic E-state index is 0.0459. The van der Waals surface area contributed by atoms with Gasteiger partial charge in [0.1, 0.15) is 24.4 Å². The monoisotopic (exact) mass is 1040 g/mol. The zero-order chi connectivity index (χ0) is 53.8. The van der Waals surface area contributed by atoms with Gasteiger partial charge in [-0.15, -0.1) is 0 Å². The molecule has 7 unspecified atom stereocenters. The molecule has 1 aliphatic rings. The highest BCUT2D eigenvalue weighted by Gasteiger charge is 2.44. The van der Waals surface area contributed by atoms with Gasteiger partial charge in [0.2, 0.25) is 5.91 Å². The maximum absolute atomic E-state index is 13.0. The van der Waals surface area contributed by atoms with Crippen LogP contribution in [0.1, 0.15) is 239 Å². The van der Waals surface area contributed by atoms with E-state index < -0.39 is 49.5 Å². The number of carbonyl (C=O) groups excluding carboxylic acids is 2. The Kier molecular flexibility index (Phi) is 48.3. The number of hydrogen-bond acceptors (Lipinski definition) is 10. The van der Waals surface area contributed by atoms with Gasteiger partial charge in [0, 0.05) is 12.8 Å². The Hall–Kier alpha value is -3.16. The molecule has 0 aromatic carbocycles. The maximum atomic E-state index is 13.0. The van der Waals surface area contributed by atoms with Gasteiger partial charge in [-0.05, 0) is 116 Å². The van der Waals surface area contributed by atoms with E-state index in [1.807, 2.05) is 6.08 Å². The summed E-state index contributed by atoms with van der Waals surface area (Å²) in [5.74, 6) is -0.255. The summed E-state index contributed by atoms with van der Waals surface area (Å²) < 4.78 is 16.7. The van der Waals surface area contributed by atoms with E-state index in [-0.39, 0.29) is 18.5 Å². The van der Waals surface area contributed by atoms with E-state index in [1.165, 1.54) is 96.3 Å². The number of nitrogens with one attached hydrogen (secondary N) is 1. The van der Waals surface area contributed by atoms with E-state index in [2.05, 4.69) is 92.1 Å². The van der Waals surface area contributed by atoms with Gasteiger partial charge in [0.25, 0.3) is 0 Å². The lowest BCUT2D eigenvalue weighted by atomic mass is 9.99. The Bertz CT molecular complexity index is 1500. The first kappa shape index (κ1) is 68.9. The molecule has 1 saturated heterocycles. The summed E-state index contributed by atoms with van der Waals surface area (Å²) >= 11 is 0. The molecule has 11 nitrogen and oxygen atoms in total. The fraction of sp³-hybridized carbons (Fsp3) is 0.746. The molecule has 1 aliphatic heterocycles. The predicted molar refractivity (Wildman–Crippen MR) is 306 cm³/mol. The molecule has 0 radical (unpaired) electrons. The standard InChI is InChI=1S/C63H109NO10/c1-3-5-7-9-11-13-15-17-26-29-33-37-41-45-49-56(66)55(54-73-63-62(71)61(70)60(69)57(53-65)74-63)64-58(67)50-46-42-38-34-30-27-23-21-19-18-20-22-24-28-32-36-40-44-48-52-72-59(68)51-47-43-39-35-31-25-16-14-12-10-8-6-4-2/h8,10,13-16,22,24,28-29,32-33,45,49,55-57,60-63,65-66,69-71H,3-7,9,11-12,17-21,23,25-27,30-31,34-44,46-48,50-54H2,1-2H3,(H,64,67)/b10-8-,15-13+,16-14-,24-22-,32-28-,33-29+,49-45+. The number of aliphatic hydroxyl groups is 5. The van der Waals surface area contributed by atoms with Crippen molar-refractivity contribution in [2.45, 2.75) is 281 Å². The van der Waals surface area contributed by atoms with Crippen LogP contribution in [-0.2, 0) is 23.8 Å². The van der Waals surface area contributed by atoms with E-state index in [0.717, 1.165) is 116 Å². The first-order valence-electron chi connectivity index (χ1n) is 29.9. The molecule has 1 heterocycles. The molecule has 6 N–H and O–H groups in total. The number of carbonyl (C=O) groups is 2. The van der Waals surface area contributed by atoms with Gasteiger partial charge in [-0.1, -0.05) is 195 Å². The largest absolute Gasteiger partial charge is 0.466 e. The quantitative estimate of drug-likeness (QED) is 0.0149. The number of esters is 1. The van der Waals surface area contributed by atoms with Crippen LogP contribution in [0.4, 0.5) is 0 Å². The van der Waals surface area contributed by atoms with Crippen LogP contribution in [0.5, 0.6) is 0 Å². The van der Waals surface area contributed by atoms with Crippen LogP contribution >= 0.6 is 0 Å². The molecule has 11 heteroatoms. The predicted octanol–water partition coefficient (Wildman–Crippen LogP) is 13.8. The zero-order valence-electron chi connectivity index (χ0n) is 46.8. The van der Waals surface area contributed by atoms with Crippen molar-refractivity contribution in [1.82, 2.24) is 5.32 Å². The summed E-state index contributed by atoms with van der Waals surface area (Å²) in [6, 6.07) is -0.845. The SMILES string of the molecule is CCC/C=C\C/C=C\CCCCCCCC(=O)OCCCCC/C=C\C=C/CCCCCCCCCCCCC(=O)NC(COC1OC(CO)C(O)C(O)C1O)C(O)/C=C/CC/C=C/CC/C=C/CCCCCC. The second kappa shape index (κ2) is 51.9. The maximum Gasteiger partial charge on any atom is 0.305 e. The van der Waals surface area contributed by atoms with E-state index >= 15 is 0 Å². The lowest BCUT2D eigenvalue weighted by Gasteiger charge is -2.40. The molecule has 0 spiro atoms. The molecule has 7 atom stereocenters. The van der Waals surface area contributed by atoms with Crippen molar-refractivity contribution < 1.29 is 49.3 Å². The molecular formula is C63H109NO10. The fourth-order valence-corrected chi connectivity index (χ4v) is 8.67. The minimum atomic E-state index is -1.59. The number of ether oxygens (including phenoxy) is 3. The van der Waals surface area contributed by atoms with Crippen molar-refractivity contribution in [3.05, 3.63) is 85.1 Å². The Morgan fingerprint density at radius 1 is 0.514 bits per heavy atom. The highest BCUT2D eigenvalue weighted by atomic mass is 16.7. The molecule has 426 valence electrons. The highest BCUT2D eigenvalue weighted by Crippen LogP contribution is 2.23. The van der Waals surface area contributed by atoms with Crippen molar-refractivity contribution in [3.63, 3.8) is 0 Å². The fourth-order valence-electron chi connectivity index (χ4n) is 8.67. The van der Waals surface area contributed by atoms with Crippen LogP contribution in [0.3, 0.4) is 0 Å². The van der Waals surface area contributed by atoms with Gasteiger partial charge in [-0.25, -0.2) is 0 Å². The number of aliphatic hydroxyl groups excluding tert-OH is 5. The van der Waals surface area contributed by atoms with E-state index in [0.29, 0.717) is 19.4 Å². The number of amides is 1. The average Bonchev–Trinajstić information content (AvgIpc) is 3.40. The van der Waals surface area contributed by atoms with Crippen LogP contribution in [0.25, 0.3) is 0 Å². The lowest BCUT2D eigenvalue weighted by molar-refractivity contribution is -0.302. The molecule has 1 amide bonds. The van der Waals surface area contributed by atoms with Gasteiger partial charge in [0.05, 0.1) is 32.0 Å². The second-order valence-corrected chi connectivity index (χ2v) is 20.3. The summed E-state index contributed by atoms with van der Waals surface area (Å²) in [6.45, 7) is 4.17. The van der Waals surface area contributed by atoms with Gasteiger partial charge >= 0.3 is 5.97 Å². The second-order valence-electron chi connectivity index (χ2n) is 20.3. The third-order valence-corrected chi connectivity index (χ3v) is 13.4. The van der Waals surface area contributed by atoms with E-state index in [4.69, 9.17) is 14.2 Å². The Morgan fingerprint density at radius 2 is 0.986 bits per heavy atom. The van der Waals surface area contributed by atoms with Gasteiger partial charge in [0.15, 0.2) is 6.29 Å². The number of rotatable bonds is 50. The molecular weight excluding hydrogens is 931 g/mol. The van der Waals surface area contributed by atoms with Crippen LogP contribution in [0, 0.1) is 0 Å². The molecule has 0 aliphatic carbocycles. The van der Waals surface area contributed by atoms with Crippen molar-refractivity contribution in [2.24, 2.45) is 0 Å². The Balaban J connectivity index is 2.15. The van der Waals surface area contributed by atoms with Gasteiger partial charge in [-0.2, -0.15) is 0 Å². The normalized spacial score (nSPS) is 19.5. The summed E-state index contributed by atoms with van der Waals surface area (Å²) in [5, 5.41) is 54.4. The van der Waals surface area contributed by atoms with Crippen LogP contribution in [-0.4, -0.2) is 100 Å². The molecule has 0 saturated carbocycles. The summed E-state index contributed by atoms with van der Waals surface area (Å²) in [5.41, 5.74) is 0. The first-order chi connectivity index (χ1) is 36.2. The molecule has 1 rings (SSSR count). The summed E-state index contributed by atoms with van der Waals surface area (Å²) in [4.78, 5) is 25.1. The summed E-state index contributed by atoms with van der Waals surface area (Å²) in [6.07, 6.45) is 59.5. The van der Waals surface area contributed by atoms with E-state index in [9.17, 15) is 35.1 Å². The number of hydrogen-bond donors (Lipinski definition) is 6. The van der Waals surface area contributed by atoms with E-state index in [1.54, 1.807) is 6.08 Å². The van der Waals surface area contributed by atoms with Crippen molar-refractivity contribution >= 4 is 11.9 Å². The van der Waals surface area contributed by atoms with Crippen molar-refractivity contribution in [2.75, 3.05) is 19.8 Å².